The standard InChI is InChI=1S/C22H28ClFN7O6PS/c1-11(2)35-19(33)12(3)30-38(39,37-13-7-5-4-6-8-13)34-9-14-16(32)22(23,24)20(36-14)31-10-27-15-17(25)28-21(26)29-18(15)31/h4-8,10-12,14,16,20,32H,9H2,1-3H3,(H,30,39)(H4,25,26,28,29)/t12-,14-,16-,20-,22+,38-/m1/s1. The SMILES string of the molecule is CC(C)OC(=O)[C@@H](C)N[P@@](=S)(OC[C@H]1O[C@@H](n2cnc3c(N)nc(N)nc32)[C@](F)(Cl)[C@@H]1O)Oc1ccccc1. The molecule has 0 unspecified atom stereocenters. The molecule has 0 aliphatic carbocycles. The van der Waals surface area contributed by atoms with Crippen LogP contribution in [-0.2, 0) is 30.6 Å². The monoisotopic (exact) mass is 603 g/mol. The number of nitrogens with zero attached hydrogens (tertiary/aromatic N) is 4. The van der Waals surface area contributed by atoms with E-state index in [1.807, 2.05) is 0 Å². The van der Waals surface area contributed by atoms with E-state index in [4.69, 9.17) is 53.4 Å². The Bertz CT molecular complexity index is 1380. The van der Waals surface area contributed by atoms with Crippen molar-refractivity contribution in [3.63, 3.8) is 0 Å². The first kappa shape index (κ1) is 29.3. The van der Waals surface area contributed by atoms with Crippen molar-refractivity contribution in [3.05, 3.63) is 36.7 Å². The number of imidazole rings is 1. The molecule has 0 amide bonds. The second-order valence-corrected chi connectivity index (χ2v) is 12.7. The van der Waals surface area contributed by atoms with Crippen molar-refractivity contribution < 1.29 is 32.8 Å². The summed E-state index contributed by atoms with van der Waals surface area (Å²) in [6.45, 7) is 1.01. The fraction of sp³-hybridized carbons (Fsp3) is 0.455. The van der Waals surface area contributed by atoms with E-state index in [0.29, 0.717) is 5.75 Å². The number of esters is 1. The summed E-state index contributed by atoms with van der Waals surface area (Å²) in [7, 11) is 0. The molecule has 1 saturated heterocycles. The number of nitrogens with two attached hydrogens (primary N) is 2. The van der Waals surface area contributed by atoms with Crippen molar-refractivity contribution in [1.82, 2.24) is 24.6 Å². The van der Waals surface area contributed by atoms with Gasteiger partial charge in [-0.25, -0.2) is 14.5 Å². The van der Waals surface area contributed by atoms with Crippen LogP contribution in [0.25, 0.3) is 11.2 Å². The molecule has 4 rings (SSSR count). The topological polar surface area (TPSA) is 182 Å². The lowest BCUT2D eigenvalue weighted by molar-refractivity contribution is -0.149. The first-order chi connectivity index (χ1) is 18.3. The molecule has 0 bridgehead atoms. The summed E-state index contributed by atoms with van der Waals surface area (Å²) < 4.78 is 39.6. The number of benzene rings is 1. The number of carbonyl (C=O) groups excluding carboxylic acids is 1. The zero-order valence-corrected chi connectivity index (χ0v) is 23.6. The van der Waals surface area contributed by atoms with Crippen molar-refractivity contribution in [2.75, 3.05) is 18.1 Å². The van der Waals surface area contributed by atoms with Gasteiger partial charge in [0.1, 0.15) is 29.5 Å². The number of alkyl halides is 2. The number of ether oxygens (including phenoxy) is 2. The average molecular weight is 604 g/mol. The van der Waals surface area contributed by atoms with Crippen LogP contribution in [0, 0.1) is 0 Å². The van der Waals surface area contributed by atoms with E-state index < -0.39 is 48.8 Å². The zero-order valence-electron chi connectivity index (χ0n) is 21.1. The van der Waals surface area contributed by atoms with E-state index in [1.54, 1.807) is 44.2 Å². The zero-order chi connectivity index (χ0) is 28.5. The van der Waals surface area contributed by atoms with Gasteiger partial charge in [0, 0.05) is 0 Å². The number of nitrogen functional groups attached to an aromatic ring is 2. The van der Waals surface area contributed by atoms with E-state index >= 15 is 4.39 Å². The fourth-order valence-corrected chi connectivity index (χ4v) is 6.45. The highest BCUT2D eigenvalue weighted by molar-refractivity contribution is 8.09. The van der Waals surface area contributed by atoms with Crippen LogP contribution in [0.1, 0.15) is 27.0 Å². The molecule has 1 aliphatic rings. The van der Waals surface area contributed by atoms with E-state index in [-0.39, 0.29) is 29.0 Å². The summed E-state index contributed by atoms with van der Waals surface area (Å²) in [5, 5.41) is 10.8. The van der Waals surface area contributed by atoms with Gasteiger partial charge in [0.25, 0.3) is 5.13 Å². The molecule has 0 radical (unpaired) electrons. The van der Waals surface area contributed by atoms with Crippen LogP contribution in [0.3, 0.4) is 0 Å². The molecule has 1 fully saturated rings. The van der Waals surface area contributed by atoms with Crippen LogP contribution < -0.4 is 21.1 Å². The lowest BCUT2D eigenvalue weighted by atomic mass is 10.1. The molecule has 6 N–H and O–H groups in total. The summed E-state index contributed by atoms with van der Waals surface area (Å²) in [6, 6.07) is 7.62. The van der Waals surface area contributed by atoms with Gasteiger partial charge in [-0.1, -0.05) is 29.8 Å². The molecule has 1 aromatic carbocycles. The third-order valence-electron chi connectivity index (χ3n) is 5.53. The maximum Gasteiger partial charge on any atom is 0.323 e. The quantitative estimate of drug-likeness (QED) is 0.151. The number of carbonyl (C=O) groups is 1. The van der Waals surface area contributed by atoms with Gasteiger partial charge < -0.3 is 35.1 Å². The molecule has 3 heterocycles. The van der Waals surface area contributed by atoms with Crippen molar-refractivity contribution in [3.8, 4) is 5.75 Å². The van der Waals surface area contributed by atoms with Crippen LogP contribution in [0.15, 0.2) is 36.7 Å². The minimum atomic E-state index is -3.49. The number of aliphatic hydroxyl groups is 1. The van der Waals surface area contributed by atoms with E-state index in [0.717, 1.165) is 4.57 Å². The van der Waals surface area contributed by atoms with Gasteiger partial charge in [-0.2, -0.15) is 9.97 Å². The fourth-order valence-electron chi connectivity index (χ4n) is 3.74. The number of hydrogen-bond acceptors (Lipinski definition) is 12. The van der Waals surface area contributed by atoms with Crippen molar-refractivity contribution in [2.24, 2.45) is 0 Å². The van der Waals surface area contributed by atoms with Gasteiger partial charge in [0.15, 0.2) is 17.7 Å². The summed E-state index contributed by atoms with van der Waals surface area (Å²) >= 11 is 11.8. The summed E-state index contributed by atoms with van der Waals surface area (Å²) in [5.41, 5.74) is 11.7. The Morgan fingerprint density at radius 2 is 2.03 bits per heavy atom. The average Bonchev–Trinajstić information content (AvgIpc) is 3.36. The van der Waals surface area contributed by atoms with Gasteiger partial charge in [-0.05, 0) is 44.7 Å². The lowest BCUT2D eigenvalue weighted by Crippen LogP contribution is -2.40. The molecule has 39 heavy (non-hydrogen) atoms. The Morgan fingerprint density at radius 3 is 2.69 bits per heavy atom. The predicted octanol–water partition coefficient (Wildman–Crippen LogP) is 2.40. The smallest absolute Gasteiger partial charge is 0.323 e. The largest absolute Gasteiger partial charge is 0.462 e. The van der Waals surface area contributed by atoms with Gasteiger partial charge in [-0.15, -0.1) is 0 Å². The second kappa shape index (κ2) is 11.5. The highest BCUT2D eigenvalue weighted by Crippen LogP contribution is 2.49. The number of aromatic nitrogens is 4. The van der Waals surface area contributed by atoms with Crippen LogP contribution >= 0.6 is 18.2 Å². The number of para-hydroxylation sites is 1. The molecule has 212 valence electrons. The summed E-state index contributed by atoms with van der Waals surface area (Å²) in [5.74, 6) is -0.411. The van der Waals surface area contributed by atoms with E-state index in [9.17, 15) is 9.90 Å². The molecule has 6 atom stereocenters. The summed E-state index contributed by atoms with van der Waals surface area (Å²) in [6.07, 6.45) is -3.94. The van der Waals surface area contributed by atoms with E-state index in [2.05, 4.69) is 20.0 Å². The molecule has 2 aromatic heterocycles. The van der Waals surface area contributed by atoms with Gasteiger partial charge in [-0.3, -0.25) is 9.36 Å². The minimum absolute atomic E-state index is 0.0244. The maximum absolute atomic E-state index is 15.7. The first-order valence-corrected chi connectivity index (χ1v) is 14.8. The van der Waals surface area contributed by atoms with Crippen molar-refractivity contribution >= 4 is 58.9 Å². The predicted molar refractivity (Wildman–Crippen MR) is 145 cm³/mol. The van der Waals surface area contributed by atoms with Gasteiger partial charge in [0.05, 0.1) is 19.0 Å². The Kier molecular flexibility index (Phi) is 8.61. The number of hydrogen-bond donors (Lipinski definition) is 4. The van der Waals surface area contributed by atoms with Gasteiger partial charge in [0.2, 0.25) is 5.95 Å². The maximum atomic E-state index is 15.7. The molecule has 1 aliphatic heterocycles. The number of fused-ring (bicyclic) bond motifs is 1. The Labute approximate surface area is 233 Å². The minimum Gasteiger partial charge on any atom is -0.462 e. The molecule has 17 heteroatoms. The van der Waals surface area contributed by atoms with E-state index in [1.165, 1.54) is 13.3 Å². The molecule has 3 aromatic rings. The van der Waals surface area contributed by atoms with Crippen molar-refractivity contribution in [2.45, 2.75) is 56.5 Å². The van der Waals surface area contributed by atoms with Crippen LogP contribution in [0.4, 0.5) is 16.2 Å². The second-order valence-electron chi connectivity index (χ2n) is 8.97. The van der Waals surface area contributed by atoms with Crippen molar-refractivity contribution in [1.29, 1.82) is 0 Å². The first-order valence-electron chi connectivity index (χ1n) is 11.7. The van der Waals surface area contributed by atoms with Crippen LogP contribution in [-0.4, -0.2) is 66.7 Å². The lowest BCUT2D eigenvalue weighted by Gasteiger charge is -2.28. The van der Waals surface area contributed by atoms with Gasteiger partial charge >= 0.3 is 12.6 Å². The van der Waals surface area contributed by atoms with Crippen LogP contribution in [0.5, 0.6) is 5.75 Å². The van der Waals surface area contributed by atoms with Crippen LogP contribution in [0.2, 0.25) is 0 Å². The molecule has 0 saturated carbocycles. The third kappa shape index (κ3) is 6.40. The number of aliphatic hydroxyl groups excluding tert-OH is 1. The molecule has 13 nitrogen and oxygen atoms in total. The highest BCUT2D eigenvalue weighted by Gasteiger charge is 2.58. The Hall–Kier alpha value is -2.65. The third-order valence-corrected chi connectivity index (χ3v) is 8.44. The highest BCUT2D eigenvalue weighted by atomic mass is 35.5. The molecule has 0 spiro atoms. The summed E-state index contributed by atoms with van der Waals surface area (Å²) in [4.78, 5) is 24.4. The number of halogens is 2. The molecular weight excluding hydrogens is 576 g/mol. The molecular formula is C22H28ClFN7O6PS. The Balaban J connectivity index is 1.55. The number of rotatable bonds is 10. The number of nitrogens with one attached hydrogen (secondary N) is 1. The normalized spacial score (nSPS) is 25.5. The Morgan fingerprint density at radius 1 is 1.33 bits per heavy atom. The number of anilines is 2.